The fourth-order valence-corrected chi connectivity index (χ4v) is 3.28. The Labute approximate surface area is 168 Å². The fraction of sp³-hybridized carbons (Fsp3) is 0.130. The normalized spacial score (nSPS) is 12.0. The maximum absolute atomic E-state index is 14.0. The van der Waals surface area contributed by atoms with E-state index in [1.807, 2.05) is 56.6 Å². The summed E-state index contributed by atoms with van der Waals surface area (Å²) in [7, 11) is 1.85. The van der Waals surface area contributed by atoms with Gasteiger partial charge in [0.25, 0.3) is 0 Å². The number of aryl methyl sites for hydroxylation is 1. The largest absolute Gasteiger partial charge is 0.482 e. The predicted octanol–water partition coefficient (Wildman–Crippen LogP) is 5.01. The van der Waals surface area contributed by atoms with Gasteiger partial charge in [-0.1, -0.05) is 36.4 Å². The van der Waals surface area contributed by atoms with Crippen molar-refractivity contribution in [3.8, 4) is 28.0 Å². The zero-order valence-corrected chi connectivity index (χ0v) is 16.2. The highest BCUT2D eigenvalue weighted by Gasteiger charge is 2.17. The second-order valence-electron chi connectivity index (χ2n) is 6.87. The molecule has 0 bridgehead atoms. The van der Waals surface area contributed by atoms with Gasteiger partial charge in [-0.15, -0.1) is 0 Å². The Morgan fingerprint density at radius 2 is 1.79 bits per heavy atom. The molecule has 2 heterocycles. The number of ether oxygens (including phenoxy) is 1. The van der Waals surface area contributed by atoms with Crippen LogP contribution in [0.4, 0.5) is 10.2 Å². The molecule has 4 rings (SSSR count). The molecule has 2 aromatic heterocycles. The van der Waals surface area contributed by atoms with Crippen LogP contribution in [0.15, 0.2) is 73.2 Å². The Balaban J connectivity index is 1.68. The smallest absolute Gasteiger partial charge is 0.166 e. The van der Waals surface area contributed by atoms with Crippen molar-refractivity contribution in [3.05, 3.63) is 84.6 Å². The summed E-state index contributed by atoms with van der Waals surface area (Å²) in [6.07, 6.45) is 4.89. The van der Waals surface area contributed by atoms with E-state index in [2.05, 4.69) is 10.1 Å². The quantitative estimate of drug-likeness (QED) is 0.522. The van der Waals surface area contributed by atoms with Gasteiger partial charge in [0, 0.05) is 36.1 Å². The molecule has 0 aliphatic rings. The standard InChI is InChI=1S/C23H21FN4O/c1-15(21-11-19(24)8-9-20(21)16-6-4-3-5-7-16)29-22-10-17(12-26-23(22)25)18-13-27-28(2)14-18/h3-15H,1-2H3,(H2,25,26)/t15-/m1/s1. The van der Waals surface area contributed by atoms with Crippen LogP contribution < -0.4 is 10.5 Å². The zero-order valence-electron chi connectivity index (χ0n) is 16.2. The number of halogens is 1. The van der Waals surface area contributed by atoms with Crippen molar-refractivity contribution in [2.75, 3.05) is 5.73 Å². The Morgan fingerprint density at radius 3 is 2.52 bits per heavy atom. The molecule has 0 unspecified atom stereocenters. The average Bonchev–Trinajstić information content (AvgIpc) is 3.16. The van der Waals surface area contributed by atoms with Crippen LogP contribution in [0.3, 0.4) is 0 Å². The van der Waals surface area contributed by atoms with E-state index in [4.69, 9.17) is 10.5 Å². The van der Waals surface area contributed by atoms with Gasteiger partial charge in [0.15, 0.2) is 11.6 Å². The Hall–Kier alpha value is -3.67. The minimum atomic E-state index is -0.436. The lowest BCUT2D eigenvalue weighted by atomic mass is 9.96. The van der Waals surface area contributed by atoms with Crippen molar-refractivity contribution >= 4 is 5.82 Å². The molecule has 0 spiro atoms. The van der Waals surface area contributed by atoms with Crippen LogP contribution in [0.25, 0.3) is 22.3 Å². The number of pyridine rings is 1. The molecular formula is C23H21FN4O. The first kappa shape index (κ1) is 18.7. The van der Waals surface area contributed by atoms with E-state index < -0.39 is 6.10 Å². The summed E-state index contributed by atoms with van der Waals surface area (Å²) in [5.41, 5.74) is 10.4. The van der Waals surface area contributed by atoms with Gasteiger partial charge in [0.1, 0.15) is 11.9 Å². The third-order valence-corrected chi connectivity index (χ3v) is 4.76. The summed E-state index contributed by atoms with van der Waals surface area (Å²) in [6, 6.07) is 16.4. The number of hydrogen-bond donors (Lipinski definition) is 1. The average molecular weight is 388 g/mol. The number of nitrogens with two attached hydrogens (primary N) is 1. The number of benzene rings is 2. The topological polar surface area (TPSA) is 66.0 Å². The lowest BCUT2D eigenvalue weighted by molar-refractivity contribution is 0.228. The number of nitrogen functional groups attached to an aromatic ring is 1. The molecule has 0 saturated heterocycles. The molecule has 5 nitrogen and oxygen atoms in total. The van der Waals surface area contributed by atoms with E-state index in [9.17, 15) is 4.39 Å². The highest BCUT2D eigenvalue weighted by molar-refractivity contribution is 5.68. The SMILES string of the molecule is C[C@@H](Oc1cc(-c2cnn(C)c2)cnc1N)c1cc(F)ccc1-c1ccccc1. The van der Waals surface area contributed by atoms with Gasteiger partial charge in [-0.05, 0) is 36.2 Å². The fourth-order valence-electron chi connectivity index (χ4n) is 3.28. The van der Waals surface area contributed by atoms with Crippen LogP contribution in [0.5, 0.6) is 5.75 Å². The number of nitrogens with zero attached hydrogens (tertiary/aromatic N) is 3. The van der Waals surface area contributed by atoms with E-state index in [1.165, 1.54) is 12.1 Å². The number of anilines is 1. The van der Waals surface area contributed by atoms with Gasteiger partial charge in [-0.3, -0.25) is 4.68 Å². The molecule has 2 aromatic carbocycles. The number of rotatable bonds is 5. The van der Waals surface area contributed by atoms with E-state index >= 15 is 0 Å². The lowest BCUT2D eigenvalue weighted by Crippen LogP contribution is -2.08. The molecule has 6 heteroatoms. The Morgan fingerprint density at radius 1 is 1.00 bits per heavy atom. The van der Waals surface area contributed by atoms with E-state index in [1.54, 1.807) is 23.1 Å². The van der Waals surface area contributed by atoms with Crippen LogP contribution in [-0.4, -0.2) is 14.8 Å². The first-order chi connectivity index (χ1) is 14.0. The monoisotopic (exact) mass is 388 g/mol. The predicted molar refractivity (Wildman–Crippen MR) is 112 cm³/mol. The molecule has 0 aliphatic heterocycles. The molecule has 0 amide bonds. The zero-order chi connectivity index (χ0) is 20.4. The number of hydrogen-bond acceptors (Lipinski definition) is 4. The van der Waals surface area contributed by atoms with E-state index in [0.29, 0.717) is 5.75 Å². The Kier molecular flexibility index (Phi) is 4.99. The first-order valence-corrected chi connectivity index (χ1v) is 9.27. The van der Waals surface area contributed by atoms with Gasteiger partial charge >= 0.3 is 0 Å². The highest BCUT2D eigenvalue weighted by Crippen LogP contribution is 2.34. The summed E-state index contributed by atoms with van der Waals surface area (Å²) in [5, 5.41) is 4.18. The van der Waals surface area contributed by atoms with Crippen molar-refractivity contribution in [2.24, 2.45) is 7.05 Å². The minimum Gasteiger partial charge on any atom is -0.482 e. The third kappa shape index (κ3) is 3.96. The van der Waals surface area contributed by atoms with Crippen molar-refractivity contribution in [1.82, 2.24) is 14.8 Å². The van der Waals surface area contributed by atoms with Gasteiger partial charge in [0.05, 0.1) is 6.20 Å². The molecule has 0 saturated carbocycles. The molecular weight excluding hydrogens is 367 g/mol. The molecule has 2 N–H and O–H groups in total. The molecule has 146 valence electrons. The first-order valence-electron chi connectivity index (χ1n) is 9.27. The van der Waals surface area contributed by atoms with Crippen molar-refractivity contribution in [2.45, 2.75) is 13.0 Å². The van der Waals surface area contributed by atoms with Crippen LogP contribution in [0.1, 0.15) is 18.6 Å². The van der Waals surface area contributed by atoms with E-state index in [-0.39, 0.29) is 11.6 Å². The molecule has 0 fully saturated rings. The third-order valence-electron chi connectivity index (χ3n) is 4.76. The van der Waals surface area contributed by atoms with Gasteiger partial charge in [0.2, 0.25) is 0 Å². The maximum Gasteiger partial charge on any atom is 0.166 e. The lowest BCUT2D eigenvalue weighted by Gasteiger charge is -2.20. The molecule has 4 aromatic rings. The summed E-state index contributed by atoms with van der Waals surface area (Å²) in [4.78, 5) is 4.25. The summed E-state index contributed by atoms with van der Waals surface area (Å²) in [5.74, 6) is 0.412. The summed E-state index contributed by atoms with van der Waals surface area (Å²) < 4.78 is 21.9. The van der Waals surface area contributed by atoms with Crippen LogP contribution in [0.2, 0.25) is 0 Å². The molecule has 0 aliphatic carbocycles. The molecule has 0 radical (unpaired) electrons. The van der Waals surface area contributed by atoms with Crippen LogP contribution >= 0.6 is 0 Å². The van der Waals surface area contributed by atoms with Crippen molar-refractivity contribution in [3.63, 3.8) is 0 Å². The van der Waals surface area contributed by atoms with Gasteiger partial charge in [-0.2, -0.15) is 5.10 Å². The van der Waals surface area contributed by atoms with Crippen molar-refractivity contribution < 1.29 is 9.13 Å². The summed E-state index contributed by atoms with van der Waals surface area (Å²) in [6.45, 7) is 1.87. The second kappa shape index (κ2) is 7.75. The van der Waals surface area contributed by atoms with Crippen LogP contribution in [-0.2, 0) is 7.05 Å². The number of aromatic nitrogens is 3. The Bertz CT molecular complexity index is 1140. The van der Waals surface area contributed by atoms with Crippen LogP contribution in [0, 0.1) is 5.82 Å². The molecule has 1 atom stereocenters. The second-order valence-corrected chi connectivity index (χ2v) is 6.87. The van der Waals surface area contributed by atoms with E-state index in [0.717, 1.165) is 27.8 Å². The van der Waals surface area contributed by atoms with Gasteiger partial charge < -0.3 is 10.5 Å². The minimum absolute atomic E-state index is 0.280. The van der Waals surface area contributed by atoms with Crippen molar-refractivity contribution in [1.29, 1.82) is 0 Å². The van der Waals surface area contributed by atoms with Gasteiger partial charge in [-0.25, -0.2) is 9.37 Å². The molecule has 29 heavy (non-hydrogen) atoms. The highest BCUT2D eigenvalue weighted by atomic mass is 19.1. The maximum atomic E-state index is 14.0. The summed E-state index contributed by atoms with van der Waals surface area (Å²) >= 11 is 0.